The number of benzene rings is 1. The third-order valence-corrected chi connectivity index (χ3v) is 1.95. The van der Waals surface area contributed by atoms with Crippen LogP contribution in [0, 0.1) is 18.8 Å². The number of halogens is 1. The fraction of sp³-hybridized carbons (Fsp3) is 0.273. The maximum atomic E-state index is 8.93. The smallest absolute Gasteiger partial charge is 0.0839 e. The van der Waals surface area contributed by atoms with Gasteiger partial charge in [0.05, 0.1) is 12.5 Å². The fourth-order valence-electron chi connectivity index (χ4n) is 1.09. The molecular weight excluding hydrogens is 184 g/mol. The van der Waals surface area contributed by atoms with Crippen LogP contribution in [0.25, 0.3) is 0 Å². The molecule has 0 saturated carbocycles. The Hall–Kier alpha value is -0.970. The molecule has 0 aromatic heterocycles. The third-order valence-electron chi connectivity index (χ3n) is 1.81. The van der Waals surface area contributed by atoms with Gasteiger partial charge in [0.1, 0.15) is 0 Å². The number of aryl methyl sites for hydroxylation is 1. The van der Waals surface area contributed by atoms with Crippen LogP contribution < -0.4 is 0 Å². The lowest BCUT2D eigenvalue weighted by molar-refractivity contribution is 0.281. The molecule has 1 aromatic rings. The molecule has 0 fully saturated rings. The van der Waals surface area contributed by atoms with Crippen LogP contribution in [0.1, 0.15) is 16.7 Å². The van der Waals surface area contributed by atoms with Crippen LogP contribution in [0.2, 0.25) is 0 Å². The second-order valence-electron chi connectivity index (χ2n) is 2.73. The van der Waals surface area contributed by atoms with Gasteiger partial charge in [0.15, 0.2) is 0 Å². The third kappa shape index (κ3) is 2.77. The van der Waals surface area contributed by atoms with Crippen LogP contribution in [-0.4, -0.2) is 11.0 Å². The molecule has 0 saturated heterocycles. The molecule has 68 valence electrons. The summed E-state index contributed by atoms with van der Waals surface area (Å²) in [5.74, 6) is 6.05. The van der Waals surface area contributed by atoms with Gasteiger partial charge in [-0.3, -0.25) is 0 Å². The standard InChI is InChI=1S/C11H11ClO/c1-9-7-10(3-2-6-12)4-5-11(9)8-13/h4-5,7,13H,6,8H2,1H3. The Bertz CT molecular complexity index is 347. The van der Waals surface area contributed by atoms with Crippen LogP contribution in [-0.2, 0) is 6.61 Å². The minimum Gasteiger partial charge on any atom is -0.392 e. The number of aliphatic hydroxyl groups excluding tert-OH is 1. The quantitative estimate of drug-likeness (QED) is 0.536. The normalized spacial score (nSPS) is 9.15. The molecule has 0 aliphatic rings. The summed E-state index contributed by atoms with van der Waals surface area (Å²) in [5.41, 5.74) is 2.94. The molecule has 13 heavy (non-hydrogen) atoms. The Balaban J connectivity index is 2.96. The van der Waals surface area contributed by atoms with Crippen molar-refractivity contribution in [3.05, 3.63) is 34.9 Å². The van der Waals surface area contributed by atoms with Gasteiger partial charge in [0.2, 0.25) is 0 Å². The van der Waals surface area contributed by atoms with Gasteiger partial charge in [-0.2, -0.15) is 0 Å². The fourth-order valence-corrected chi connectivity index (χ4v) is 1.15. The number of alkyl halides is 1. The van der Waals surface area contributed by atoms with Crippen LogP contribution in [0.4, 0.5) is 0 Å². The van der Waals surface area contributed by atoms with Gasteiger partial charge >= 0.3 is 0 Å². The lowest BCUT2D eigenvalue weighted by Gasteiger charge is -2.01. The molecule has 1 rings (SSSR count). The van der Waals surface area contributed by atoms with Crippen molar-refractivity contribution in [3.8, 4) is 11.8 Å². The van der Waals surface area contributed by atoms with Gasteiger partial charge in [-0.05, 0) is 30.2 Å². The summed E-state index contributed by atoms with van der Waals surface area (Å²) in [6, 6.07) is 5.72. The minimum atomic E-state index is 0.0784. The van der Waals surface area contributed by atoms with Crippen molar-refractivity contribution in [3.63, 3.8) is 0 Å². The predicted octanol–water partition coefficient (Wildman–Crippen LogP) is 2.08. The highest BCUT2D eigenvalue weighted by Gasteiger charge is 1.96. The largest absolute Gasteiger partial charge is 0.392 e. The zero-order valence-electron chi connectivity index (χ0n) is 7.47. The highest BCUT2D eigenvalue weighted by molar-refractivity contribution is 6.19. The molecule has 0 atom stereocenters. The molecule has 0 amide bonds. The van der Waals surface area contributed by atoms with E-state index in [1.807, 2.05) is 25.1 Å². The van der Waals surface area contributed by atoms with Gasteiger partial charge in [-0.1, -0.05) is 17.9 Å². The Kier molecular flexibility index (Phi) is 3.82. The van der Waals surface area contributed by atoms with E-state index in [2.05, 4.69) is 11.8 Å². The molecule has 0 unspecified atom stereocenters. The summed E-state index contributed by atoms with van der Waals surface area (Å²) in [6.07, 6.45) is 0. The molecule has 0 spiro atoms. The SMILES string of the molecule is Cc1cc(C#CCCl)ccc1CO. The highest BCUT2D eigenvalue weighted by atomic mass is 35.5. The number of rotatable bonds is 1. The van der Waals surface area contributed by atoms with Crippen molar-refractivity contribution in [1.29, 1.82) is 0 Å². The monoisotopic (exact) mass is 194 g/mol. The first-order valence-electron chi connectivity index (χ1n) is 4.03. The van der Waals surface area contributed by atoms with E-state index in [0.29, 0.717) is 5.88 Å². The van der Waals surface area contributed by atoms with E-state index in [1.165, 1.54) is 0 Å². The summed E-state index contributed by atoms with van der Waals surface area (Å²) in [6.45, 7) is 2.03. The molecule has 0 aliphatic carbocycles. The summed E-state index contributed by atoms with van der Waals surface area (Å²) in [7, 11) is 0. The minimum absolute atomic E-state index is 0.0784. The molecular formula is C11H11ClO. The van der Waals surface area contributed by atoms with Crippen molar-refractivity contribution >= 4 is 11.6 Å². The lowest BCUT2D eigenvalue weighted by atomic mass is 10.1. The summed E-state index contributed by atoms with van der Waals surface area (Å²) < 4.78 is 0. The Morgan fingerprint density at radius 3 is 2.77 bits per heavy atom. The summed E-state index contributed by atoms with van der Waals surface area (Å²) >= 11 is 5.44. The van der Waals surface area contributed by atoms with Crippen molar-refractivity contribution in [2.24, 2.45) is 0 Å². The molecule has 0 aliphatic heterocycles. The highest BCUT2D eigenvalue weighted by Crippen LogP contribution is 2.09. The van der Waals surface area contributed by atoms with Crippen molar-refractivity contribution < 1.29 is 5.11 Å². The van der Waals surface area contributed by atoms with Crippen LogP contribution >= 0.6 is 11.6 Å². The summed E-state index contributed by atoms with van der Waals surface area (Å²) in [4.78, 5) is 0. The topological polar surface area (TPSA) is 20.2 Å². The second kappa shape index (κ2) is 4.91. The van der Waals surface area contributed by atoms with Crippen molar-refractivity contribution in [2.75, 3.05) is 5.88 Å². The first kappa shape index (κ1) is 10.1. The van der Waals surface area contributed by atoms with Crippen molar-refractivity contribution in [1.82, 2.24) is 0 Å². The van der Waals surface area contributed by atoms with E-state index in [1.54, 1.807) is 0 Å². The number of aliphatic hydroxyl groups is 1. The molecule has 1 nitrogen and oxygen atoms in total. The molecule has 0 radical (unpaired) electrons. The van der Waals surface area contributed by atoms with Crippen LogP contribution in [0.15, 0.2) is 18.2 Å². The van der Waals surface area contributed by atoms with Gasteiger partial charge in [-0.25, -0.2) is 0 Å². The molecule has 1 N–H and O–H groups in total. The van der Waals surface area contributed by atoms with Gasteiger partial charge in [0.25, 0.3) is 0 Å². The Morgan fingerprint density at radius 2 is 2.23 bits per heavy atom. The molecule has 1 aromatic carbocycles. The summed E-state index contributed by atoms with van der Waals surface area (Å²) in [5, 5.41) is 8.93. The van der Waals surface area contributed by atoms with E-state index in [0.717, 1.165) is 16.7 Å². The van der Waals surface area contributed by atoms with Gasteiger partial charge in [0, 0.05) is 5.56 Å². The van der Waals surface area contributed by atoms with Gasteiger partial charge < -0.3 is 5.11 Å². The zero-order chi connectivity index (χ0) is 9.68. The van der Waals surface area contributed by atoms with Crippen molar-refractivity contribution in [2.45, 2.75) is 13.5 Å². The van der Waals surface area contributed by atoms with E-state index >= 15 is 0 Å². The maximum absolute atomic E-state index is 8.93. The predicted molar refractivity (Wildman–Crippen MR) is 54.7 cm³/mol. The van der Waals surface area contributed by atoms with E-state index in [-0.39, 0.29) is 6.61 Å². The number of hydrogen-bond acceptors (Lipinski definition) is 1. The second-order valence-corrected chi connectivity index (χ2v) is 3.00. The first-order valence-corrected chi connectivity index (χ1v) is 4.56. The van der Waals surface area contributed by atoms with E-state index in [9.17, 15) is 0 Å². The van der Waals surface area contributed by atoms with E-state index in [4.69, 9.17) is 16.7 Å². The average molecular weight is 195 g/mol. The molecule has 2 heteroatoms. The Labute approximate surface area is 83.4 Å². The molecule has 0 bridgehead atoms. The van der Waals surface area contributed by atoms with Gasteiger partial charge in [-0.15, -0.1) is 11.6 Å². The van der Waals surface area contributed by atoms with Crippen LogP contribution in [0.3, 0.4) is 0 Å². The maximum Gasteiger partial charge on any atom is 0.0839 e. The first-order chi connectivity index (χ1) is 6.27. The lowest BCUT2D eigenvalue weighted by Crippen LogP contribution is -1.88. The molecule has 0 heterocycles. The van der Waals surface area contributed by atoms with E-state index < -0.39 is 0 Å². The number of hydrogen-bond donors (Lipinski definition) is 1. The van der Waals surface area contributed by atoms with Crippen LogP contribution in [0.5, 0.6) is 0 Å². The zero-order valence-corrected chi connectivity index (χ0v) is 8.23. The average Bonchev–Trinajstić information content (AvgIpc) is 2.15. The Morgan fingerprint density at radius 1 is 1.46 bits per heavy atom.